The highest BCUT2D eigenvalue weighted by molar-refractivity contribution is 5.79. The molecule has 1 atom stereocenters. The first kappa shape index (κ1) is 12.7. The van der Waals surface area contributed by atoms with Gasteiger partial charge in [-0.25, -0.2) is 19.2 Å². The topological polar surface area (TPSA) is 55.3 Å². The largest absolute Gasteiger partial charge is 0.467 e. The molecule has 0 saturated carbocycles. The summed E-state index contributed by atoms with van der Waals surface area (Å²) in [6.45, 7) is 2.19. The van der Waals surface area contributed by atoms with Crippen LogP contribution < -0.4 is 4.90 Å². The Morgan fingerprint density at radius 3 is 3.00 bits per heavy atom. The van der Waals surface area contributed by atoms with Crippen LogP contribution in [0.3, 0.4) is 0 Å². The van der Waals surface area contributed by atoms with Gasteiger partial charge in [0.1, 0.15) is 12.4 Å². The second kappa shape index (κ2) is 5.29. The lowest BCUT2D eigenvalue weighted by Crippen LogP contribution is -2.46. The normalized spacial score (nSPS) is 19.7. The van der Waals surface area contributed by atoms with Gasteiger partial charge in [0, 0.05) is 6.54 Å². The molecular formula is C12H16FN3O2. The molecule has 1 aromatic rings. The summed E-state index contributed by atoms with van der Waals surface area (Å²) in [4.78, 5) is 21.2. The number of rotatable bonds is 2. The molecule has 1 saturated heterocycles. The molecule has 18 heavy (non-hydrogen) atoms. The van der Waals surface area contributed by atoms with Crippen molar-refractivity contribution in [2.24, 2.45) is 0 Å². The summed E-state index contributed by atoms with van der Waals surface area (Å²) in [6.07, 6.45) is 3.82. The van der Waals surface area contributed by atoms with Crippen LogP contribution in [0.25, 0.3) is 0 Å². The van der Waals surface area contributed by atoms with E-state index in [0.29, 0.717) is 13.0 Å². The monoisotopic (exact) mass is 253 g/mol. The predicted octanol–water partition coefficient (Wildman–Crippen LogP) is 1.46. The quantitative estimate of drug-likeness (QED) is 0.747. The highest BCUT2D eigenvalue weighted by Crippen LogP contribution is 2.26. The Kier molecular flexibility index (Phi) is 3.74. The fourth-order valence-electron chi connectivity index (χ4n) is 2.21. The van der Waals surface area contributed by atoms with Crippen LogP contribution in [0.4, 0.5) is 10.2 Å². The van der Waals surface area contributed by atoms with Crippen molar-refractivity contribution >= 4 is 11.8 Å². The van der Waals surface area contributed by atoms with Crippen LogP contribution in [0.2, 0.25) is 0 Å². The van der Waals surface area contributed by atoms with Gasteiger partial charge in [0.2, 0.25) is 0 Å². The van der Waals surface area contributed by atoms with Crippen molar-refractivity contribution in [1.82, 2.24) is 9.97 Å². The van der Waals surface area contributed by atoms with Gasteiger partial charge >= 0.3 is 5.97 Å². The van der Waals surface area contributed by atoms with Gasteiger partial charge in [-0.1, -0.05) is 0 Å². The first-order chi connectivity index (χ1) is 8.65. The highest BCUT2D eigenvalue weighted by atomic mass is 19.1. The Bertz CT molecular complexity index is 453. The lowest BCUT2D eigenvalue weighted by Gasteiger charge is -2.34. The lowest BCUT2D eigenvalue weighted by atomic mass is 10.0. The number of esters is 1. The van der Waals surface area contributed by atoms with E-state index in [0.717, 1.165) is 12.8 Å². The third-order valence-corrected chi connectivity index (χ3v) is 3.19. The molecule has 2 heterocycles. The van der Waals surface area contributed by atoms with Crippen LogP contribution in [-0.4, -0.2) is 35.6 Å². The Morgan fingerprint density at radius 1 is 1.50 bits per heavy atom. The van der Waals surface area contributed by atoms with Crippen LogP contribution in [-0.2, 0) is 9.53 Å². The van der Waals surface area contributed by atoms with Gasteiger partial charge in [0.25, 0.3) is 0 Å². The molecule has 0 amide bonds. The number of halogens is 1. The molecule has 0 N–H and O–H groups in total. The maximum atomic E-state index is 14.0. The molecule has 1 unspecified atom stereocenters. The number of aryl methyl sites for hydroxylation is 1. The van der Waals surface area contributed by atoms with E-state index < -0.39 is 11.9 Å². The number of methoxy groups -OCH3 is 1. The van der Waals surface area contributed by atoms with Crippen molar-refractivity contribution in [2.45, 2.75) is 32.2 Å². The van der Waals surface area contributed by atoms with Gasteiger partial charge < -0.3 is 9.64 Å². The van der Waals surface area contributed by atoms with Crippen LogP contribution in [0.5, 0.6) is 0 Å². The van der Waals surface area contributed by atoms with E-state index in [4.69, 9.17) is 4.74 Å². The minimum Gasteiger partial charge on any atom is -0.467 e. The third-order valence-electron chi connectivity index (χ3n) is 3.19. The Balaban J connectivity index is 2.34. The van der Waals surface area contributed by atoms with Gasteiger partial charge in [0.05, 0.1) is 12.8 Å². The molecular weight excluding hydrogens is 237 g/mol. The Labute approximate surface area is 105 Å². The second-order valence-electron chi connectivity index (χ2n) is 4.32. The van der Waals surface area contributed by atoms with E-state index in [9.17, 15) is 9.18 Å². The van der Waals surface area contributed by atoms with Gasteiger partial charge in [-0.05, 0) is 26.2 Å². The van der Waals surface area contributed by atoms with Crippen LogP contribution >= 0.6 is 0 Å². The molecule has 0 spiro atoms. The molecule has 1 fully saturated rings. The van der Waals surface area contributed by atoms with Crippen molar-refractivity contribution in [3.63, 3.8) is 0 Å². The summed E-state index contributed by atoms with van der Waals surface area (Å²) in [7, 11) is 1.34. The minimum atomic E-state index is -0.465. The summed E-state index contributed by atoms with van der Waals surface area (Å²) in [5.74, 6) is -0.615. The number of hydrogen-bond acceptors (Lipinski definition) is 5. The van der Waals surface area contributed by atoms with Gasteiger partial charge in [0.15, 0.2) is 11.6 Å². The fraction of sp³-hybridized carbons (Fsp3) is 0.583. The van der Waals surface area contributed by atoms with Gasteiger partial charge in [-0.3, -0.25) is 0 Å². The second-order valence-corrected chi connectivity index (χ2v) is 4.32. The third kappa shape index (κ3) is 2.27. The zero-order chi connectivity index (χ0) is 13.1. The minimum absolute atomic E-state index is 0.192. The molecule has 98 valence electrons. The van der Waals surface area contributed by atoms with Crippen molar-refractivity contribution < 1.29 is 13.9 Å². The fourth-order valence-corrected chi connectivity index (χ4v) is 2.21. The molecule has 0 aromatic carbocycles. The van der Waals surface area contributed by atoms with E-state index in [2.05, 4.69) is 9.97 Å². The first-order valence-corrected chi connectivity index (χ1v) is 5.96. The van der Waals surface area contributed by atoms with Gasteiger partial charge in [-0.2, -0.15) is 0 Å². The van der Waals surface area contributed by atoms with Crippen LogP contribution in [0.1, 0.15) is 25.0 Å². The molecule has 5 nitrogen and oxygen atoms in total. The maximum absolute atomic E-state index is 14.0. The number of nitrogens with zero attached hydrogens (tertiary/aromatic N) is 3. The van der Waals surface area contributed by atoms with Gasteiger partial charge in [-0.15, -0.1) is 0 Å². The Hall–Kier alpha value is -1.72. The molecule has 1 aliphatic heterocycles. The Morgan fingerprint density at radius 2 is 2.28 bits per heavy atom. The van der Waals surface area contributed by atoms with E-state index in [-0.39, 0.29) is 17.5 Å². The lowest BCUT2D eigenvalue weighted by molar-refractivity contribution is -0.142. The van der Waals surface area contributed by atoms with Crippen molar-refractivity contribution in [1.29, 1.82) is 0 Å². The van der Waals surface area contributed by atoms with Crippen LogP contribution in [0.15, 0.2) is 6.33 Å². The maximum Gasteiger partial charge on any atom is 0.328 e. The van der Waals surface area contributed by atoms with E-state index in [1.165, 1.54) is 13.4 Å². The number of hydrogen-bond donors (Lipinski definition) is 0. The summed E-state index contributed by atoms with van der Waals surface area (Å²) < 4.78 is 18.8. The van der Waals surface area contributed by atoms with Crippen molar-refractivity contribution in [3.8, 4) is 0 Å². The molecule has 1 aliphatic rings. The molecule has 0 radical (unpaired) electrons. The number of aromatic nitrogens is 2. The molecule has 1 aromatic heterocycles. The summed E-state index contributed by atoms with van der Waals surface area (Å²) in [6, 6.07) is -0.451. The van der Waals surface area contributed by atoms with E-state index in [1.807, 2.05) is 0 Å². The number of carbonyl (C=O) groups excluding carboxylic acids is 1. The average Bonchev–Trinajstić information content (AvgIpc) is 2.41. The SMILES string of the molecule is COC(=O)C1CCCCN1c1ncnc(C)c1F. The summed E-state index contributed by atoms with van der Waals surface area (Å²) in [5, 5.41) is 0. The number of ether oxygens (including phenoxy) is 1. The smallest absolute Gasteiger partial charge is 0.328 e. The summed E-state index contributed by atoms with van der Waals surface area (Å²) >= 11 is 0. The van der Waals surface area contributed by atoms with Crippen LogP contribution in [0, 0.1) is 12.7 Å². The summed E-state index contributed by atoms with van der Waals surface area (Å²) in [5.41, 5.74) is 0.286. The number of piperidine rings is 1. The number of anilines is 1. The van der Waals surface area contributed by atoms with E-state index >= 15 is 0 Å². The zero-order valence-corrected chi connectivity index (χ0v) is 10.5. The van der Waals surface area contributed by atoms with Crippen molar-refractivity contribution in [3.05, 3.63) is 17.8 Å². The average molecular weight is 253 g/mol. The number of carbonyl (C=O) groups is 1. The highest BCUT2D eigenvalue weighted by Gasteiger charge is 2.32. The van der Waals surface area contributed by atoms with Crippen molar-refractivity contribution in [2.75, 3.05) is 18.6 Å². The standard InChI is InChI=1S/C12H16FN3O2/c1-8-10(13)11(15-7-14-8)16-6-4-3-5-9(16)12(17)18-2/h7,9H,3-6H2,1-2H3. The molecule has 2 rings (SSSR count). The predicted molar refractivity (Wildman–Crippen MR) is 63.7 cm³/mol. The molecule has 0 bridgehead atoms. The molecule has 6 heteroatoms. The first-order valence-electron chi connectivity index (χ1n) is 5.96. The zero-order valence-electron chi connectivity index (χ0n) is 10.5. The van der Waals surface area contributed by atoms with E-state index in [1.54, 1.807) is 11.8 Å². The molecule has 0 aliphatic carbocycles.